The van der Waals surface area contributed by atoms with Crippen LogP contribution in [0.15, 0.2) is 54.7 Å². The van der Waals surface area contributed by atoms with E-state index in [0.717, 1.165) is 68.6 Å². The van der Waals surface area contributed by atoms with Gasteiger partial charge in [-0.3, -0.25) is 9.69 Å². The zero-order chi connectivity index (χ0) is 25.1. The van der Waals surface area contributed by atoms with Crippen LogP contribution in [-0.4, -0.2) is 78.0 Å². The third-order valence-electron chi connectivity index (χ3n) is 7.40. The first-order chi connectivity index (χ1) is 17.5. The smallest absolute Gasteiger partial charge is 0.254 e. The van der Waals surface area contributed by atoms with E-state index < -0.39 is 0 Å². The fourth-order valence-corrected chi connectivity index (χ4v) is 5.19. The highest BCUT2D eigenvalue weighted by Gasteiger charge is 2.25. The van der Waals surface area contributed by atoms with E-state index in [1.165, 1.54) is 16.8 Å². The van der Waals surface area contributed by atoms with Crippen LogP contribution in [0.4, 0.5) is 11.6 Å². The van der Waals surface area contributed by atoms with Gasteiger partial charge in [-0.15, -0.1) is 0 Å². The second-order valence-corrected chi connectivity index (χ2v) is 9.98. The summed E-state index contributed by atoms with van der Waals surface area (Å²) in [6.07, 6.45) is 1.80. The maximum absolute atomic E-state index is 13.4. The first kappa shape index (κ1) is 24.3. The summed E-state index contributed by atoms with van der Waals surface area (Å²) >= 11 is 0. The quantitative estimate of drug-likeness (QED) is 0.551. The zero-order valence-corrected chi connectivity index (χ0v) is 21.7. The van der Waals surface area contributed by atoms with Gasteiger partial charge in [-0.25, -0.2) is 9.97 Å². The molecule has 5 rings (SSSR count). The van der Waals surface area contributed by atoms with Gasteiger partial charge in [-0.2, -0.15) is 0 Å². The number of nitrogens with zero attached hydrogens (tertiary/aromatic N) is 6. The monoisotopic (exact) mass is 484 g/mol. The molecular weight excluding hydrogens is 448 g/mol. The molecule has 1 amide bonds. The molecule has 2 fully saturated rings. The molecule has 0 N–H and O–H groups in total. The predicted molar refractivity (Wildman–Crippen MR) is 145 cm³/mol. The minimum Gasteiger partial charge on any atom is -0.369 e. The Balaban J connectivity index is 1.19. The molecule has 0 saturated carbocycles. The van der Waals surface area contributed by atoms with Crippen molar-refractivity contribution in [3.05, 3.63) is 82.7 Å². The van der Waals surface area contributed by atoms with Crippen molar-refractivity contribution in [2.45, 2.75) is 27.3 Å². The van der Waals surface area contributed by atoms with Gasteiger partial charge < -0.3 is 14.7 Å². The molecule has 7 heteroatoms. The van der Waals surface area contributed by atoms with Gasteiger partial charge in [0.1, 0.15) is 0 Å². The molecule has 0 radical (unpaired) electrons. The normalized spacial score (nSPS) is 16.9. The van der Waals surface area contributed by atoms with Crippen LogP contribution in [0.2, 0.25) is 0 Å². The lowest BCUT2D eigenvalue weighted by Gasteiger charge is -2.37. The summed E-state index contributed by atoms with van der Waals surface area (Å²) in [4.78, 5) is 31.5. The number of anilines is 2. The van der Waals surface area contributed by atoms with Crippen molar-refractivity contribution in [3.8, 4) is 0 Å². The molecule has 2 aliphatic rings. The lowest BCUT2D eigenvalue weighted by Crippen LogP contribution is -2.49. The van der Waals surface area contributed by atoms with Gasteiger partial charge in [-0.05, 0) is 55.7 Å². The molecule has 3 heterocycles. The second kappa shape index (κ2) is 10.7. The van der Waals surface area contributed by atoms with E-state index in [1.54, 1.807) is 6.20 Å². The van der Waals surface area contributed by atoms with Gasteiger partial charge in [0.25, 0.3) is 5.91 Å². The number of carbonyl (C=O) groups excluding carboxylic acids is 1. The van der Waals surface area contributed by atoms with Crippen LogP contribution in [-0.2, 0) is 6.54 Å². The van der Waals surface area contributed by atoms with Gasteiger partial charge in [0, 0.05) is 82.0 Å². The molecule has 7 nitrogen and oxygen atoms in total. The Labute approximate surface area is 214 Å². The second-order valence-electron chi connectivity index (χ2n) is 9.98. The molecule has 0 unspecified atom stereocenters. The molecule has 0 atom stereocenters. The minimum absolute atomic E-state index is 0.128. The van der Waals surface area contributed by atoms with E-state index in [9.17, 15) is 4.79 Å². The van der Waals surface area contributed by atoms with E-state index in [-0.39, 0.29) is 5.91 Å². The third-order valence-corrected chi connectivity index (χ3v) is 7.40. The highest BCUT2D eigenvalue weighted by atomic mass is 16.2. The summed E-state index contributed by atoms with van der Waals surface area (Å²) in [6.45, 7) is 14.0. The number of aromatic nitrogens is 2. The molecule has 1 aromatic heterocycles. The average Bonchev–Trinajstić information content (AvgIpc) is 2.90. The Morgan fingerprint density at radius 3 is 2.25 bits per heavy atom. The maximum atomic E-state index is 13.4. The number of piperazine rings is 2. The Morgan fingerprint density at radius 2 is 1.53 bits per heavy atom. The molecule has 2 aromatic carbocycles. The Bertz CT molecular complexity index is 1210. The highest BCUT2D eigenvalue weighted by Crippen LogP contribution is 2.22. The van der Waals surface area contributed by atoms with Gasteiger partial charge in [0.05, 0.1) is 0 Å². The van der Waals surface area contributed by atoms with Crippen LogP contribution in [0.3, 0.4) is 0 Å². The molecule has 3 aromatic rings. The standard InChI is InChI=1S/C29H36N6O/c1-22-8-9-25(21-32-12-14-33(15-13-32)27-7-5-4-6-23(27)2)20-26(22)28(36)34-16-18-35(19-17-34)29-30-11-10-24(3)31-29/h4-11,20H,12-19,21H2,1-3H3. The predicted octanol–water partition coefficient (Wildman–Crippen LogP) is 3.69. The number of amides is 1. The van der Waals surface area contributed by atoms with Gasteiger partial charge in [0.15, 0.2) is 0 Å². The van der Waals surface area contributed by atoms with Crippen molar-refractivity contribution >= 4 is 17.5 Å². The Kier molecular flexibility index (Phi) is 7.18. The molecule has 0 aliphatic carbocycles. The molecule has 36 heavy (non-hydrogen) atoms. The van der Waals surface area contributed by atoms with Crippen LogP contribution in [0.25, 0.3) is 0 Å². The molecule has 2 aliphatic heterocycles. The summed E-state index contributed by atoms with van der Waals surface area (Å²) in [5.74, 6) is 0.881. The van der Waals surface area contributed by atoms with Gasteiger partial charge >= 0.3 is 0 Å². The van der Waals surface area contributed by atoms with Crippen molar-refractivity contribution < 1.29 is 4.79 Å². The molecular formula is C29H36N6O. The van der Waals surface area contributed by atoms with E-state index in [0.29, 0.717) is 13.1 Å². The molecule has 2 saturated heterocycles. The number of benzene rings is 2. The van der Waals surface area contributed by atoms with Crippen molar-refractivity contribution in [1.29, 1.82) is 0 Å². The zero-order valence-electron chi connectivity index (χ0n) is 21.7. The van der Waals surface area contributed by atoms with Crippen molar-refractivity contribution in [2.24, 2.45) is 0 Å². The highest BCUT2D eigenvalue weighted by molar-refractivity contribution is 5.96. The Morgan fingerprint density at radius 1 is 0.806 bits per heavy atom. The average molecular weight is 485 g/mol. The first-order valence-electron chi connectivity index (χ1n) is 12.9. The van der Waals surface area contributed by atoms with E-state index in [2.05, 4.69) is 74.1 Å². The van der Waals surface area contributed by atoms with Gasteiger partial charge in [0.2, 0.25) is 5.95 Å². The van der Waals surface area contributed by atoms with Crippen LogP contribution >= 0.6 is 0 Å². The number of rotatable bonds is 5. The summed E-state index contributed by atoms with van der Waals surface area (Å²) in [5, 5.41) is 0. The summed E-state index contributed by atoms with van der Waals surface area (Å²) < 4.78 is 0. The summed E-state index contributed by atoms with van der Waals surface area (Å²) in [5.41, 5.74) is 6.71. The minimum atomic E-state index is 0.128. The lowest BCUT2D eigenvalue weighted by molar-refractivity contribution is 0.0745. The summed E-state index contributed by atoms with van der Waals surface area (Å²) in [7, 11) is 0. The van der Waals surface area contributed by atoms with Gasteiger partial charge in [-0.1, -0.05) is 30.3 Å². The maximum Gasteiger partial charge on any atom is 0.254 e. The largest absolute Gasteiger partial charge is 0.369 e. The molecule has 0 spiro atoms. The van der Waals surface area contributed by atoms with Crippen molar-refractivity contribution in [3.63, 3.8) is 0 Å². The lowest BCUT2D eigenvalue weighted by atomic mass is 10.0. The fraction of sp³-hybridized carbons (Fsp3) is 0.414. The Hall–Kier alpha value is -3.45. The third kappa shape index (κ3) is 5.36. The number of carbonyl (C=O) groups is 1. The molecule has 0 bridgehead atoms. The van der Waals surface area contributed by atoms with Crippen molar-refractivity contribution in [1.82, 2.24) is 19.8 Å². The van der Waals surface area contributed by atoms with Crippen molar-refractivity contribution in [2.75, 3.05) is 62.2 Å². The number of hydrogen-bond donors (Lipinski definition) is 0. The molecule has 188 valence electrons. The SMILES string of the molecule is Cc1ccnc(N2CCN(C(=O)c3cc(CN4CCN(c5ccccc5C)CC4)ccc3C)CC2)n1. The van der Waals surface area contributed by atoms with E-state index in [4.69, 9.17) is 0 Å². The topological polar surface area (TPSA) is 55.8 Å². The number of aryl methyl sites for hydroxylation is 3. The first-order valence-corrected chi connectivity index (χ1v) is 12.9. The van der Waals surface area contributed by atoms with E-state index in [1.807, 2.05) is 24.8 Å². The van der Waals surface area contributed by atoms with Crippen LogP contribution < -0.4 is 9.80 Å². The van der Waals surface area contributed by atoms with Crippen LogP contribution in [0, 0.1) is 20.8 Å². The number of hydrogen-bond acceptors (Lipinski definition) is 6. The van der Waals surface area contributed by atoms with E-state index >= 15 is 0 Å². The number of para-hydroxylation sites is 1. The summed E-state index contributed by atoms with van der Waals surface area (Å²) in [6, 6.07) is 16.9. The fourth-order valence-electron chi connectivity index (χ4n) is 5.19. The van der Waals surface area contributed by atoms with Crippen LogP contribution in [0.5, 0.6) is 0 Å². The van der Waals surface area contributed by atoms with Crippen LogP contribution in [0.1, 0.15) is 32.7 Å².